The maximum atomic E-state index is 12.6. The van der Waals surface area contributed by atoms with Crippen LogP contribution in [-0.4, -0.2) is 39.9 Å². The van der Waals surface area contributed by atoms with Gasteiger partial charge in [0.25, 0.3) is 0 Å². The van der Waals surface area contributed by atoms with Gasteiger partial charge >= 0.3 is 5.97 Å². The van der Waals surface area contributed by atoms with Crippen molar-refractivity contribution >= 4 is 17.8 Å². The Kier molecular flexibility index (Phi) is 5.06. The first-order chi connectivity index (χ1) is 11.9. The second-order valence-corrected chi connectivity index (χ2v) is 7.12. The van der Waals surface area contributed by atoms with Crippen molar-refractivity contribution < 1.29 is 19.5 Å². The summed E-state index contributed by atoms with van der Waals surface area (Å²) in [5.41, 5.74) is 2.16. The standard InChI is InChI=1S/C19H24N2O4/c1-12-2-4-13(5-3-12)11-21-16(8-9-17(21)22)18(23)20-15-7-6-14(10-15)19(24)25/h2-5,14-16H,6-11H2,1H3,(H,20,23)(H,24,25)/t14-,15+,16?/m0/s1. The molecule has 25 heavy (non-hydrogen) atoms. The third kappa shape index (κ3) is 4.00. The summed E-state index contributed by atoms with van der Waals surface area (Å²) >= 11 is 0. The maximum absolute atomic E-state index is 12.6. The maximum Gasteiger partial charge on any atom is 0.306 e. The summed E-state index contributed by atoms with van der Waals surface area (Å²) < 4.78 is 0. The monoisotopic (exact) mass is 344 g/mol. The summed E-state index contributed by atoms with van der Waals surface area (Å²) in [6.07, 6.45) is 2.65. The van der Waals surface area contributed by atoms with Crippen LogP contribution in [0.5, 0.6) is 0 Å². The van der Waals surface area contributed by atoms with Crippen LogP contribution in [0.25, 0.3) is 0 Å². The zero-order chi connectivity index (χ0) is 18.0. The molecule has 2 amide bonds. The van der Waals surface area contributed by atoms with Gasteiger partial charge in [-0.3, -0.25) is 14.4 Å². The van der Waals surface area contributed by atoms with Gasteiger partial charge in [-0.15, -0.1) is 0 Å². The van der Waals surface area contributed by atoms with E-state index in [1.807, 2.05) is 31.2 Å². The quantitative estimate of drug-likeness (QED) is 0.853. The highest BCUT2D eigenvalue weighted by molar-refractivity contribution is 5.91. The van der Waals surface area contributed by atoms with Gasteiger partial charge in [0.15, 0.2) is 0 Å². The average Bonchev–Trinajstić information content (AvgIpc) is 3.17. The van der Waals surface area contributed by atoms with Gasteiger partial charge in [-0.25, -0.2) is 0 Å². The van der Waals surface area contributed by atoms with Crippen LogP contribution in [0.4, 0.5) is 0 Å². The minimum Gasteiger partial charge on any atom is -0.481 e. The van der Waals surface area contributed by atoms with E-state index >= 15 is 0 Å². The lowest BCUT2D eigenvalue weighted by atomic mass is 10.1. The van der Waals surface area contributed by atoms with E-state index in [-0.39, 0.29) is 23.8 Å². The Hall–Kier alpha value is -2.37. The third-order valence-electron chi connectivity index (χ3n) is 5.23. The number of rotatable bonds is 5. The van der Waals surface area contributed by atoms with E-state index < -0.39 is 12.0 Å². The number of carbonyl (C=O) groups is 3. The number of nitrogens with one attached hydrogen (secondary N) is 1. The molecule has 1 aliphatic heterocycles. The fourth-order valence-corrected chi connectivity index (χ4v) is 3.73. The lowest BCUT2D eigenvalue weighted by molar-refractivity contribution is -0.141. The van der Waals surface area contributed by atoms with E-state index in [0.29, 0.717) is 38.6 Å². The summed E-state index contributed by atoms with van der Waals surface area (Å²) in [4.78, 5) is 37.5. The van der Waals surface area contributed by atoms with Crippen LogP contribution in [0, 0.1) is 12.8 Å². The van der Waals surface area contributed by atoms with E-state index in [1.54, 1.807) is 4.90 Å². The summed E-state index contributed by atoms with van der Waals surface area (Å²) in [5, 5.41) is 12.0. The summed E-state index contributed by atoms with van der Waals surface area (Å²) in [6.45, 7) is 2.44. The van der Waals surface area contributed by atoms with Crippen molar-refractivity contribution in [3.8, 4) is 0 Å². The van der Waals surface area contributed by atoms with Gasteiger partial charge in [0.05, 0.1) is 5.92 Å². The lowest BCUT2D eigenvalue weighted by Crippen LogP contribution is -2.47. The molecule has 134 valence electrons. The minimum atomic E-state index is -0.797. The molecule has 1 aliphatic carbocycles. The number of hydrogen-bond acceptors (Lipinski definition) is 3. The number of aryl methyl sites for hydroxylation is 1. The second kappa shape index (κ2) is 7.25. The zero-order valence-corrected chi connectivity index (χ0v) is 14.4. The molecule has 3 atom stereocenters. The number of carbonyl (C=O) groups excluding carboxylic acids is 2. The SMILES string of the molecule is Cc1ccc(CN2C(=O)CCC2C(=O)N[C@@H]2CC[C@H](C(=O)O)C2)cc1. The van der Waals surface area contributed by atoms with Crippen LogP contribution in [-0.2, 0) is 20.9 Å². The third-order valence-corrected chi connectivity index (χ3v) is 5.23. The van der Waals surface area contributed by atoms with E-state index in [1.165, 1.54) is 0 Å². The molecule has 0 spiro atoms. The first-order valence-corrected chi connectivity index (χ1v) is 8.82. The van der Waals surface area contributed by atoms with Crippen molar-refractivity contribution in [1.29, 1.82) is 0 Å². The predicted octanol–water partition coefficient (Wildman–Crippen LogP) is 1.86. The molecule has 2 N–H and O–H groups in total. The number of nitrogens with zero attached hydrogens (tertiary/aromatic N) is 1. The first-order valence-electron chi connectivity index (χ1n) is 8.82. The molecular formula is C19H24N2O4. The number of carboxylic acid groups (broad SMARTS) is 1. The number of aliphatic carboxylic acids is 1. The largest absolute Gasteiger partial charge is 0.481 e. The molecule has 3 rings (SSSR count). The normalized spacial score (nSPS) is 26.0. The first kappa shape index (κ1) is 17.5. The van der Waals surface area contributed by atoms with Gasteiger partial charge in [0.2, 0.25) is 11.8 Å². The fraction of sp³-hybridized carbons (Fsp3) is 0.526. The van der Waals surface area contributed by atoms with Crippen LogP contribution in [0.15, 0.2) is 24.3 Å². The highest BCUT2D eigenvalue weighted by Crippen LogP contribution is 2.27. The number of amides is 2. The number of benzene rings is 1. The molecule has 0 bridgehead atoms. The Morgan fingerprint density at radius 2 is 1.92 bits per heavy atom. The van der Waals surface area contributed by atoms with Gasteiger partial charge < -0.3 is 15.3 Å². The highest BCUT2D eigenvalue weighted by Gasteiger charge is 2.38. The Bertz CT molecular complexity index is 671. The lowest BCUT2D eigenvalue weighted by Gasteiger charge is -2.25. The molecule has 2 aliphatic rings. The van der Waals surface area contributed by atoms with E-state index in [9.17, 15) is 14.4 Å². The summed E-state index contributed by atoms with van der Waals surface area (Å²) in [7, 11) is 0. The molecule has 2 fully saturated rings. The summed E-state index contributed by atoms with van der Waals surface area (Å²) in [6, 6.07) is 7.38. The second-order valence-electron chi connectivity index (χ2n) is 7.12. The van der Waals surface area contributed by atoms with Gasteiger partial charge in [0, 0.05) is 19.0 Å². The molecule has 1 saturated carbocycles. The predicted molar refractivity (Wildman–Crippen MR) is 91.7 cm³/mol. The van der Waals surface area contributed by atoms with Crippen molar-refractivity contribution in [2.75, 3.05) is 0 Å². The summed E-state index contributed by atoms with van der Waals surface area (Å²) in [5.74, 6) is -1.34. The Morgan fingerprint density at radius 1 is 1.20 bits per heavy atom. The zero-order valence-electron chi connectivity index (χ0n) is 14.4. The van der Waals surface area contributed by atoms with E-state index in [4.69, 9.17) is 5.11 Å². The molecule has 1 heterocycles. The van der Waals surface area contributed by atoms with Gasteiger partial charge in [-0.2, -0.15) is 0 Å². The molecule has 1 saturated heterocycles. The van der Waals surface area contributed by atoms with E-state index in [0.717, 1.165) is 11.1 Å². The topological polar surface area (TPSA) is 86.7 Å². The van der Waals surface area contributed by atoms with Crippen LogP contribution in [0.2, 0.25) is 0 Å². The Labute approximate surface area is 147 Å². The smallest absolute Gasteiger partial charge is 0.306 e. The fourth-order valence-electron chi connectivity index (χ4n) is 3.73. The molecule has 1 aromatic rings. The molecular weight excluding hydrogens is 320 g/mol. The Balaban J connectivity index is 1.61. The van der Waals surface area contributed by atoms with Crippen molar-refractivity contribution in [3.63, 3.8) is 0 Å². The van der Waals surface area contributed by atoms with Crippen molar-refractivity contribution in [1.82, 2.24) is 10.2 Å². The molecule has 1 aromatic carbocycles. The van der Waals surface area contributed by atoms with Gasteiger partial charge in [-0.1, -0.05) is 29.8 Å². The number of carboxylic acids is 1. The van der Waals surface area contributed by atoms with Gasteiger partial charge in [0.1, 0.15) is 6.04 Å². The molecule has 6 heteroatoms. The minimum absolute atomic E-state index is 0.00411. The highest BCUT2D eigenvalue weighted by atomic mass is 16.4. The number of likely N-dealkylation sites (tertiary alicyclic amines) is 1. The molecule has 0 radical (unpaired) electrons. The van der Waals surface area contributed by atoms with Crippen LogP contribution >= 0.6 is 0 Å². The average molecular weight is 344 g/mol. The van der Waals surface area contributed by atoms with Crippen LogP contribution in [0.3, 0.4) is 0 Å². The van der Waals surface area contributed by atoms with Crippen molar-refractivity contribution in [3.05, 3.63) is 35.4 Å². The van der Waals surface area contributed by atoms with Crippen LogP contribution in [0.1, 0.15) is 43.2 Å². The Morgan fingerprint density at radius 3 is 2.56 bits per heavy atom. The van der Waals surface area contributed by atoms with Crippen molar-refractivity contribution in [2.45, 2.75) is 57.7 Å². The van der Waals surface area contributed by atoms with Gasteiger partial charge in [-0.05, 0) is 38.2 Å². The van der Waals surface area contributed by atoms with Crippen LogP contribution < -0.4 is 5.32 Å². The molecule has 6 nitrogen and oxygen atoms in total. The molecule has 1 unspecified atom stereocenters. The number of hydrogen-bond donors (Lipinski definition) is 2. The van der Waals surface area contributed by atoms with E-state index in [2.05, 4.69) is 5.32 Å². The van der Waals surface area contributed by atoms with Crippen molar-refractivity contribution in [2.24, 2.45) is 5.92 Å². The molecule has 0 aromatic heterocycles.